The normalized spacial score (nSPS) is 12.9. The Labute approximate surface area is 216 Å². The van der Waals surface area contributed by atoms with Crippen LogP contribution < -0.4 is 5.19 Å². The summed E-state index contributed by atoms with van der Waals surface area (Å²) in [6.07, 6.45) is 0. The summed E-state index contributed by atoms with van der Waals surface area (Å²) in [4.78, 5) is 0. The second-order valence-electron chi connectivity index (χ2n) is 11.6. The molecular weight excluding hydrogens is 448 g/mol. The molecule has 0 N–H and O–H groups in total. The molecule has 0 radical (unpaired) electrons. The van der Waals surface area contributed by atoms with Gasteiger partial charge in [0.05, 0.1) is 8.07 Å². The van der Waals surface area contributed by atoms with E-state index in [9.17, 15) is 0 Å². The molecular formula is C35H36Si. The standard InChI is InChI=1S/C35H36Si/c1-22(2)36(23(3)4,24(5)6)27-13-16-29-26(21-27)12-15-33-31(29)18-20-34-32-14-11-25-9-7-8-10-28(25)30(32)17-19-35(33)34/h7-24H,1-6H3. The molecule has 0 spiro atoms. The van der Waals surface area contributed by atoms with Crippen LogP contribution in [-0.2, 0) is 0 Å². The first kappa shape index (κ1) is 23.2. The number of hydrogen-bond acceptors (Lipinski definition) is 0. The Morgan fingerprint density at radius 2 is 0.778 bits per heavy atom. The minimum Gasteiger partial charge on any atom is -0.0648 e. The van der Waals surface area contributed by atoms with E-state index in [2.05, 4.69) is 133 Å². The van der Waals surface area contributed by atoms with Crippen molar-refractivity contribution in [2.24, 2.45) is 0 Å². The van der Waals surface area contributed by atoms with E-state index < -0.39 is 8.07 Å². The van der Waals surface area contributed by atoms with Gasteiger partial charge in [-0.25, -0.2) is 0 Å². The van der Waals surface area contributed by atoms with Gasteiger partial charge in [0, 0.05) is 0 Å². The monoisotopic (exact) mass is 484 g/mol. The van der Waals surface area contributed by atoms with Crippen LogP contribution in [0.4, 0.5) is 0 Å². The third-order valence-corrected chi connectivity index (χ3v) is 16.1. The highest BCUT2D eigenvalue weighted by atomic mass is 28.3. The Balaban J connectivity index is 1.60. The first-order valence-electron chi connectivity index (χ1n) is 13.5. The largest absolute Gasteiger partial charge is 0.0942 e. The lowest BCUT2D eigenvalue weighted by Gasteiger charge is -2.43. The molecule has 0 nitrogen and oxygen atoms in total. The Morgan fingerprint density at radius 3 is 1.31 bits per heavy atom. The van der Waals surface area contributed by atoms with Crippen LogP contribution in [0.2, 0.25) is 16.6 Å². The maximum atomic E-state index is 2.54. The van der Waals surface area contributed by atoms with E-state index >= 15 is 0 Å². The van der Waals surface area contributed by atoms with Crippen LogP contribution in [0.25, 0.3) is 53.9 Å². The fraction of sp³-hybridized carbons (Fsp3) is 0.257. The molecule has 180 valence electrons. The zero-order valence-corrected chi connectivity index (χ0v) is 23.4. The minimum atomic E-state index is -1.69. The van der Waals surface area contributed by atoms with Crippen LogP contribution >= 0.6 is 0 Å². The quantitative estimate of drug-likeness (QED) is 0.172. The fourth-order valence-electron chi connectivity index (χ4n) is 7.73. The van der Waals surface area contributed by atoms with Crippen LogP contribution in [0.5, 0.6) is 0 Å². The van der Waals surface area contributed by atoms with Crippen molar-refractivity contribution in [1.29, 1.82) is 0 Å². The summed E-state index contributed by atoms with van der Waals surface area (Å²) in [5, 5.41) is 15.1. The van der Waals surface area contributed by atoms with E-state index in [1.54, 1.807) is 5.19 Å². The molecule has 1 heteroatoms. The maximum Gasteiger partial charge on any atom is 0.0942 e. The third kappa shape index (κ3) is 3.19. The molecule has 0 saturated carbocycles. The Hall–Kier alpha value is -3.16. The van der Waals surface area contributed by atoms with E-state index in [-0.39, 0.29) is 0 Å². The van der Waals surface area contributed by atoms with Gasteiger partial charge >= 0.3 is 0 Å². The van der Waals surface area contributed by atoms with E-state index in [0.29, 0.717) is 16.6 Å². The molecule has 0 aromatic heterocycles. The Morgan fingerprint density at radius 1 is 0.389 bits per heavy atom. The predicted octanol–water partition coefficient (Wildman–Crippen LogP) is 10.3. The average Bonchev–Trinajstić information content (AvgIpc) is 2.87. The molecule has 0 saturated heterocycles. The van der Waals surface area contributed by atoms with Crippen LogP contribution in [-0.4, -0.2) is 8.07 Å². The van der Waals surface area contributed by atoms with Crippen molar-refractivity contribution in [3.05, 3.63) is 91.0 Å². The molecule has 0 unspecified atom stereocenters. The summed E-state index contributed by atoms with van der Waals surface area (Å²) in [7, 11) is -1.69. The highest BCUT2D eigenvalue weighted by Gasteiger charge is 2.44. The summed E-state index contributed by atoms with van der Waals surface area (Å²) in [6, 6.07) is 34.8. The van der Waals surface area contributed by atoms with Gasteiger partial charge in [-0.3, -0.25) is 0 Å². The lowest BCUT2D eigenvalue weighted by Crippen LogP contribution is -2.55. The maximum absolute atomic E-state index is 2.54. The van der Waals surface area contributed by atoms with Gasteiger partial charge in [-0.2, -0.15) is 0 Å². The molecule has 0 atom stereocenters. The van der Waals surface area contributed by atoms with Crippen LogP contribution in [0.1, 0.15) is 41.5 Å². The Kier molecular flexibility index (Phi) is 5.46. The minimum absolute atomic E-state index is 0.712. The van der Waals surface area contributed by atoms with Crippen molar-refractivity contribution < 1.29 is 0 Å². The molecule has 0 aliphatic carbocycles. The van der Waals surface area contributed by atoms with Gasteiger partial charge in [0.15, 0.2) is 0 Å². The molecule has 0 fully saturated rings. The van der Waals surface area contributed by atoms with Gasteiger partial charge in [-0.15, -0.1) is 0 Å². The number of fused-ring (bicyclic) bond motifs is 9. The molecule has 0 amide bonds. The van der Waals surface area contributed by atoms with Crippen molar-refractivity contribution >= 4 is 67.1 Å². The second kappa shape index (κ2) is 8.46. The molecule has 0 bridgehead atoms. The van der Waals surface area contributed by atoms with E-state index in [0.717, 1.165) is 0 Å². The van der Waals surface area contributed by atoms with E-state index in [1.165, 1.54) is 53.9 Å². The molecule has 6 rings (SSSR count). The summed E-state index contributed by atoms with van der Waals surface area (Å²) < 4.78 is 0. The SMILES string of the molecule is CC(C)[Si](c1ccc2c(ccc3c2ccc2c4ccc5ccccc5c4ccc32)c1)(C(C)C)C(C)C. The van der Waals surface area contributed by atoms with Gasteiger partial charge in [0.2, 0.25) is 0 Å². The molecule has 6 aromatic carbocycles. The first-order valence-corrected chi connectivity index (χ1v) is 15.8. The van der Waals surface area contributed by atoms with Gasteiger partial charge in [-0.05, 0) is 70.5 Å². The lowest BCUT2D eigenvalue weighted by atomic mass is 9.92. The smallest absolute Gasteiger partial charge is 0.0648 e. The molecule has 0 aliphatic heterocycles. The van der Waals surface area contributed by atoms with Gasteiger partial charge in [0.1, 0.15) is 0 Å². The zero-order valence-electron chi connectivity index (χ0n) is 22.4. The molecule has 36 heavy (non-hydrogen) atoms. The van der Waals surface area contributed by atoms with Crippen molar-refractivity contribution in [1.82, 2.24) is 0 Å². The van der Waals surface area contributed by atoms with Gasteiger partial charge in [-0.1, -0.05) is 138 Å². The molecule has 0 aliphatic rings. The van der Waals surface area contributed by atoms with Crippen molar-refractivity contribution in [3.8, 4) is 0 Å². The topological polar surface area (TPSA) is 0 Å². The number of rotatable bonds is 4. The van der Waals surface area contributed by atoms with Crippen LogP contribution in [0.15, 0.2) is 91.0 Å². The third-order valence-electron chi connectivity index (χ3n) is 9.10. The van der Waals surface area contributed by atoms with Crippen molar-refractivity contribution in [2.45, 2.75) is 58.2 Å². The summed E-state index contributed by atoms with van der Waals surface area (Å²) in [6.45, 7) is 14.7. The predicted molar refractivity (Wildman–Crippen MR) is 165 cm³/mol. The van der Waals surface area contributed by atoms with Crippen LogP contribution in [0, 0.1) is 0 Å². The van der Waals surface area contributed by atoms with E-state index in [1.807, 2.05) is 0 Å². The molecule has 0 heterocycles. The average molecular weight is 485 g/mol. The molecule has 6 aromatic rings. The highest BCUT2D eigenvalue weighted by molar-refractivity contribution is 6.95. The van der Waals surface area contributed by atoms with Crippen molar-refractivity contribution in [2.75, 3.05) is 0 Å². The summed E-state index contributed by atoms with van der Waals surface area (Å²) in [5.74, 6) is 0. The Bertz CT molecular complexity index is 1750. The summed E-state index contributed by atoms with van der Waals surface area (Å²) in [5.41, 5.74) is 2.14. The van der Waals surface area contributed by atoms with Gasteiger partial charge in [0.25, 0.3) is 0 Å². The van der Waals surface area contributed by atoms with Crippen molar-refractivity contribution in [3.63, 3.8) is 0 Å². The number of benzene rings is 6. The zero-order chi connectivity index (χ0) is 25.2. The second-order valence-corrected chi connectivity index (χ2v) is 17.5. The lowest BCUT2D eigenvalue weighted by molar-refractivity contribution is 0.835. The van der Waals surface area contributed by atoms with Crippen LogP contribution in [0.3, 0.4) is 0 Å². The first-order chi connectivity index (χ1) is 17.3. The van der Waals surface area contributed by atoms with E-state index in [4.69, 9.17) is 0 Å². The fourth-order valence-corrected chi connectivity index (χ4v) is 14.5. The van der Waals surface area contributed by atoms with Gasteiger partial charge < -0.3 is 0 Å². The summed E-state index contributed by atoms with van der Waals surface area (Å²) >= 11 is 0. The number of hydrogen-bond donors (Lipinski definition) is 0. The highest BCUT2D eigenvalue weighted by Crippen LogP contribution is 2.42.